The molecule has 0 bridgehead atoms. The summed E-state index contributed by atoms with van der Waals surface area (Å²) in [6.07, 6.45) is -1.88. The van der Waals surface area contributed by atoms with E-state index in [0.29, 0.717) is 0 Å². The molecule has 6 amide bonds. The van der Waals surface area contributed by atoms with E-state index < -0.39 is 78.6 Å². The van der Waals surface area contributed by atoms with Gasteiger partial charge in [-0.2, -0.15) is 0 Å². The van der Waals surface area contributed by atoms with Crippen LogP contribution in [-0.4, -0.2) is 82.4 Å². The lowest BCUT2D eigenvalue weighted by Gasteiger charge is -2.24. The lowest BCUT2D eigenvalue weighted by atomic mass is 10.1. The number of carbonyl (C=O) groups excluding carboxylic acids is 6. The zero-order valence-electron chi connectivity index (χ0n) is 17.6. The maximum absolute atomic E-state index is 12.6. The van der Waals surface area contributed by atoms with Gasteiger partial charge in [0, 0.05) is 12.8 Å². The molecule has 0 aliphatic carbocycles. The van der Waals surface area contributed by atoms with E-state index in [2.05, 4.69) is 10.6 Å². The third-order valence-electron chi connectivity index (χ3n) is 4.18. The van der Waals surface area contributed by atoms with Gasteiger partial charge in [-0.05, 0) is 12.8 Å². The van der Waals surface area contributed by atoms with Gasteiger partial charge in [-0.3, -0.25) is 28.8 Å². The number of hydrogen-bond donors (Lipinski definition) is 9. The number of aliphatic carboxylic acids is 1. The Morgan fingerprint density at radius 1 is 0.667 bits per heavy atom. The first kappa shape index (κ1) is 29.2. The number of carboxylic acid groups (broad SMARTS) is 1. The number of nitrogens with one attached hydrogen (secondary N) is 3. The minimum Gasteiger partial charge on any atom is -0.480 e. The highest BCUT2D eigenvalue weighted by molar-refractivity contribution is 5.95. The van der Waals surface area contributed by atoms with Gasteiger partial charge in [-0.25, -0.2) is 4.79 Å². The fourth-order valence-electron chi connectivity index (χ4n) is 2.43. The molecule has 16 heteroatoms. The Hall–Kier alpha value is -3.79. The van der Waals surface area contributed by atoms with Gasteiger partial charge in [-0.15, -0.1) is 0 Å². The van der Waals surface area contributed by atoms with Crippen LogP contribution in [0, 0.1) is 0 Å². The summed E-state index contributed by atoms with van der Waals surface area (Å²) in [5.41, 5.74) is 20.5. The maximum atomic E-state index is 12.6. The van der Waals surface area contributed by atoms with Gasteiger partial charge in [0.2, 0.25) is 35.4 Å². The highest BCUT2D eigenvalue weighted by Gasteiger charge is 2.30. The maximum Gasteiger partial charge on any atom is 0.326 e. The van der Waals surface area contributed by atoms with E-state index in [1.54, 1.807) is 0 Å². The molecule has 13 N–H and O–H groups in total. The molecular formula is C17H29N7O9. The summed E-state index contributed by atoms with van der Waals surface area (Å²) in [5.74, 6) is -7.06. The summed E-state index contributed by atoms with van der Waals surface area (Å²) >= 11 is 0. The molecule has 0 rings (SSSR count). The van der Waals surface area contributed by atoms with Crippen LogP contribution in [0.1, 0.15) is 32.1 Å². The molecule has 4 atom stereocenters. The van der Waals surface area contributed by atoms with Crippen molar-refractivity contribution in [2.45, 2.75) is 56.3 Å². The Morgan fingerprint density at radius 3 is 1.52 bits per heavy atom. The molecule has 0 aliphatic rings. The SMILES string of the molecule is NC(=O)CCC(NC(=O)C(CO)NC(=O)C(CCC(N)=O)NC(=O)C(N)CC(N)=O)C(=O)O. The van der Waals surface area contributed by atoms with E-state index in [1.165, 1.54) is 0 Å². The quantitative estimate of drug-likeness (QED) is 0.102. The predicted molar refractivity (Wildman–Crippen MR) is 109 cm³/mol. The summed E-state index contributed by atoms with van der Waals surface area (Å²) < 4.78 is 0. The molecule has 0 aromatic rings. The van der Waals surface area contributed by atoms with Crippen molar-refractivity contribution in [1.82, 2.24) is 16.0 Å². The van der Waals surface area contributed by atoms with Crippen molar-refractivity contribution < 1.29 is 43.8 Å². The largest absolute Gasteiger partial charge is 0.480 e. The third kappa shape index (κ3) is 12.0. The fourth-order valence-corrected chi connectivity index (χ4v) is 2.43. The van der Waals surface area contributed by atoms with E-state index >= 15 is 0 Å². The van der Waals surface area contributed by atoms with E-state index in [4.69, 9.17) is 28.0 Å². The molecule has 0 aromatic carbocycles. The summed E-state index contributed by atoms with van der Waals surface area (Å²) in [7, 11) is 0. The first-order valence-corrected chi connectivity index (χ1v) is 9.63. The second-order valence-electron chi connectivity index (χ2n) is 6.99. The number of carboxylic acids is 1. The van der Waals surface area contributed by atoms with Crippen LogP contribution in [0.25, 0.3) is 0 Å². The van der Waals surface area contributed by atoms with E-state index in [9.17, 15) is 38.7 Å². The number of hydrogen-bond acceptors (Lipinski definition) is 9. The highest BCUT2D eigenvalue weighted by Crippen LogP contribution is 2.02. The molecular weight excluding hydrogens is 446 g/mol. The zero-order chi connectivity index (χ0) is 25.7. The van der Waals surface area contributed by atoms with Crippen molar-refractivity contribution in [2.24, 2.45) is 22.9 Å². The number of amides is 6. The standard InChI is InChI=1S/C17H29N7O9/c18-7(5-13(21)28)14(29)22-8(1-3-11(19)26)15(30)24-10(6-25)16(31)23-9(17(32)33)2-4-12(20)27/h7-10,25H,1-6,18H2,(H2,19,26)(H2,20,27)(H2,21,28)(H,22,29)(H,23,31)(H,24,30)(H,32,33). The van der Waals surface area contributed by atoms with Crippen molar-refractivity contribution in [3.05, 3.63) is 0 Å². The Bertz CT molecular complexity index is 774. The average Bonchev–Trinajstić information content (AvgIpc) is 2.70. The fraction of sp³-hybridized carbons (Fsp3) is 0.588. The predicted octanol–water partition coefficient (Wildman–Crippen LogP) is -5.75. The van der Waals surface area contributed by atoms with Crippen LogP contribution < -0.4 is 38.9 Å². The van der Waals surface area contributed by atoms with Crippen molar-refractivity contribution >= 4 is 41.4 Å². The Kier molecular flexibility index (Phi) is 12.7. The van der Waals surface area contributed by atoms with Crippen LogP contribution in [0.4, 0.5) is 0 Å². The Morgan fingerprint density at radius 2 is 1.09 bits per heavy atom. The number of aliphatic hydroxyl groups is 1. The van der Waals surface area contributed by atoms with Crippen molar-refractivity contribution in [3.63, 3.8) is 0 Å². The normalized spacial score (nSPS) is 14.1. The molecule has 0 heterocycles. The Labute approximate surface area is 187 Å². The minimum absolute atomic E-state index is 0.313. The molecule has 0 aliphatic heterocycles. The number of nitrogens with two attached hydrogens (primary N) is 4. The number of primary amides is 3. The first-order valence-electron chi connectivity index (χ1n) is 9.63. The molecule has 186 valence electrons. The molecule has 0 spiro atoms. The zero-order valence-corrected chi connectivity index (χ0v) is 17.6. The third-order valence-corrected chi connectivity index (χ3v) is 4.18. The van der Waals surface area contributed by atoms with Gasteiger partial charge in [-0.1, -0.05) is 0 Å². The van der Waals surface area contributed by atoms with Gasteiger partial charge in [0.15, 0.2) is 0 Å². The van der Waals surface area contributed by atoms with Gasteiger partial charge < -0.3 is 49.1 Å². The van der Waals surface area contributed by atoms with E-state index in [1.807, 2.05) is 5.32 Å². The first-order chi connectivity index (χ1) is 15.3. The van der Waals surface area contributed by atoms with Crippen LogP contribution in [0.3, 0.4) is 0 Å². The second kappa shape index (κ2) is 14.3. The Balaban J connectivity index is 5.31. The van der Waals surface area contributed by atoms with E-state index in [0.717, 1.165) is 0 Å². The smallest absolute Gasteiger partial charge is 0.326 e. The summed E-state index contributed by atoms with van der Waals surface area (Å²) in [6.45, 7) is -0.961. The summed E-state index contributed by atoms with van der Waals surface area (Å²) in [6, 6.07) is -6.03. The van der Waals surface area contributed by atoms with Crippen LogP contribution in [0.5, 0.6) is 0 Å². The van der Waals surface area contributed by atoms with Gasteiger partial charge in [0.05, 0.1) is 19.1 Å². The summed E-state index contributed by atoms with van der Waals surface area (Å²) in [4.78, 5) is 81.1. The number of carbonyl (C=O) groups is 7. The summed E-state index contributed by atoms with van der Waals surface area (Å²) in [5, 5.41) is 24.9. The van der Waals surface area contributed by atoms with Crippen LogP contribution in [0.15, 0.2) is 0 Å². The molecule has 0 aromatic heterocycles. The molecule has 0 saturated heterocycles. The lowest BCUT2D eigenvalue weighted by Crippen LogP contribution is -2.58. The van der Waals surface area contributed by atoms with Gasteiger partial charge in [0.1, 0.15) is 18.1 Å². The van der Waals surface area contributed by atoms with Crippen LogP contribution >= 0.6 is 0 Å². The van der Waals surface area contributed by atoms with E-state index in [-0.39, 0.29) is 25.7 Å². The monoisotopic (exact) mass is 475 g/mol. The lowest BCUT2D eigenvalue weighted by molar-refractivity contribution is -0.143. The van der Waals surface area contributed by atoms with Gasteiger partial charge >= 0.3 is 5.97 Å². The average molecular weight is 475 g/mol. The minimum atomic E-state index is -1.65. The molecule has 0 radical (unpaired) electrons. The molecule has 0 saturated carbocycles. The molecule has 33 heavy (non-hydrogen) atoms. The van der Waals surface area contributed by atoms with Gasteiger partial charge in [0.25, 0.3) is 0 Å². The molecule has 0 fully saturated rings. The number of aliphatic hydroxyl groups excluding tert-OH is 1. The second-order valence-corrected chi connectivity index (χ2v) is 6.99. The molecule has 16 nitrogen and oxygen atoms in total. The highest BCUT2D eigenvalue weighted by atomic mass is 16.4. The van der Waals surface area contributed by atoms with Crippen molar-refractivity contribution in [1.29, 1.82) is 0 Å². The van der Waals surface area contributed by atoms with Crippen LogP contribution in [0.2, 0.25) is 0 Å². The topological polar surface area (TPSA) is 300 Å². The van der Waals surface area contributed by atoms with Crippen LogP contribution in [-0.2, 0) is 33.6 Å². The molecule has 4 unspecified atom stereocenters. The van der Waals surface area contributed by atoms with Crippen molar-refractivity contribution in [3.8, 4) is 0 Å². The van der Waals surface area contributed by atoms with Crippen molar-refractivity contribution in [2.75, 3.05) is 6.61 Å². The number of rotatable bonds is 16.